The van der Waals surface area contributed by atoms with E-state index in [1.807, 2.05) is 6.20 Å². The average molecular weight is 371 g/mol. The molecule has 0 atom stereocenters. The molecule has 1 saturated carbocycles. The van der Waals surface area contributed by atoms with Crippen LogP contribution in [0.25, 0.3) is 0 Å². The molecule has 1 N–H and O–H groups in total. The molecule has 2 saturated heterocycles. The van der Waals surface area contributed by atoms with E-state index in [1.54, 1.807) is 0 Å². The molecule has 1 aromatic heterocycles. The lowest BCUT2D eigenvalue weighted by Crippen LogP contribution is -2.44. The zero-order valence-corrected chi connectivity index (χ0v) is 17.0. The zero-order valence-electron chi connectivity index (χ0n) is 17.0. The van der Waals surface area contributed by atoms with E-state index in [9.17, 15) is 0 Å². The first-order valence-corrected chi connectivity index (χ1v) is 10.6. The van der Waals surface area contributed by atoms with Gasteiger partial charge in [0.2, 0.25) is 0 Å². The normalized spacial score (nSPS) is 23.0. The Hall–Kier alpha value is -1.82. The van der Waals surface area contributed by atoms with Gasteiger partial charge in [-0.3, -0.25) is 0 Å². The Morgan fingerprint density at radius 3 is 2.67 bits per heavy atom. The Kier molecular flexibility index (Phi) is 5.53. The van der Waals surface area contributed by atoms with Gasteiger partial charge >= 0.3 is 0 Å². The number of aliphatic imine (C=N–C) groups is 1. The van der Waals surface area contributed by atoms with E-state index in [0.29, 0.717) is 5.41 Å². The number of anilines is 1. The molecule has 1 aromatic rings. The quantitative estimate of drug-likeness (QED) is 0.650. The van der Waals surface area contributed by atoms with Crippen molar-refractivity contribution in [2.24, 2.45) is 10.4 Å². The number of aromatic nitrogens is 1. The molecule has 0 amide bonds. The van der Waals surface area contributed by atoms with E-state index in [1.165, 1.54) is 37.8 Å². The molecule has 6 nitrogen and oxygen atoms in total. The van der Waals surface area contributed by atoms with Crippen LogP contribution in [0, 0.1) is 5.41 Å². The Bertz CT molecular complexity index is 660. The largest absolute Gasteiger partial charge is 0.357 e. The molecule has 6 heteroatoms. The highest BCUT2D eigenvalue weighted by atomic mass is 15.3. The van der Waals surface area contributed by atoms with Gasteiger partial charge < -0.3 is 20.0 Å². The van der Waals surface area contributed by atoms with Gasteiger partial charge in [-0.25, -0.2) is 9.98 Å². The molecule has 1 spiro atoms. The first-order chi connectivity index (χ1) is 13.2. The highest BCUT2D eigenvalue weighted by molar-refractivity contribution is 5.80. The summed E-state index contributed by atoms with van der Waals surface area (Å²) in [4.78, 5) is 16.8. The Balaban J connectivity index is 1.41. The van der Waals surface area contributed by atoms with Gasteiger partial charge in [-0.05, 0) is 56.3 Å². The molecule has 148 valence electrons. The first-order valence-electron chi connectivity index (χ1n) is 10.6. The van der Waals surface area contributed by atoms with Crippen LogP contribution in [0.15, 0.2) is 23.3 Å². The fourth-order valence-electron chi connectivity index (χ4n) is 4.56. The second-order valence-corrected chi connectivity index (χ2v) is 8.51. The molecule has 3 aliphatic rings. The lowest BCUT2D eigenvalue weighted by Gasteiger charge is -2.38. The van der Waals surface area contributed by atoms with E-state index in [0.717, 1.165) is 57.6 Å². The summed E-state index contributed by atoms with van der Waals surface area (Å²) in [6.07, 6.45) is 7.49. The predicted octanol–water partition coefficient (Wildman–Crippen LogP) is 2.17. The number of hydrogen-bond donors (Lipinski definition) is 1. The van der Waals surface area contributed by atoms with Crippen LogP contribution in [-0.2, 0) is 6.54 Å². The van der Waals surface area contributed by atoms with Crippen molar-refractivity contribution in [3.05, 3.63) is 23.9 Å². The Morgan fingerprint density at radius 1 is 1.19 bits per heavy atom. The van der Waals surface area contributed by atoms with Gasteiger partial charge in [0.25, 0.3) is 0 Å². The zero-order chi connectivity index (χ0) is 18.7. The number of nitrogens with one attached hydrogen (secondary N) is 1. The number of likely N-dealkylation sites (N-methyl/N-ethyl adjacent to an activating group) is 1. The summed E-state index contributed by atoms with van der Waals surface area (Å²) >= 11 is 0. The van der Waals surface area contributed by atoms with E-state index >= 15 is 0 Å². The fourth-order valence-corrected chi connectivity index (χ4v) is 4.56. The molecule has 3 fully saturated rings. The molecule has 1 aliphatic carbocycles. The van der Waals surface area contributed by atoms with Gasteiger partial charge in [0.15, 0.2) is 5.96 Å². The predicted molar refractivity (Wildman–Crippen MR) is 111 cm³/mol. The summed E-state index contributed by atoms with van der Waals surface area (Å²) < 4.78 is 0. The Morgan fingerprint density at radius 2 is 2.00 bits per heavy atom. The highest BCUT2D eigenvalue weighted by Gasteiger charge is 2.43. The van der Waals surface area contributed by atoms with Gasteiger partial charge in [0.05, 0.1) is 6.54 Å². The Labute approximate surface area is 163 Å². The number of rotatable bonds is 4. The van der Waals surface area contributed by atoms with Crippen LogP contribution < -0.4 is 10.2 Å². The summed E-state index contributed by atoms with van der Waals surface area (Å²) in [5.74, 6) is 2.18. The van der Waals surface area contributed by atoms with Crippen LogP contribution in [0.4, 0.5) is 5.82 Å². The lowest BCUT2D eigenvalue weighted by atomic mass is 9.68. The first kappa shape index (κ1) is 18.5. The third-order valence-electron chi connectivity index (χ3n) is 6.54. The standard InChI is InChI=1S/C21H34N6/c1-3-22-20(27-10-8-21(17-27)6-4-7-21)24-16-18-5-9-23-19(15-18)26-13-11-25(2)12-14-26/h5,9,15H,3-4,6-8,10-14,16-17H2,1-2H3,(H,22,24). The minimum absolute atomic E-state index is 0.599. The van der Waals surface area contributed by atoms with Crippen molar-refractivity contribution in [3.8, 4) is 0 Å². The van der Waals surface area contributed by atoms with Crippen molar-refractivity contribution in [3.63, 3.8) is 0 Å². The van der Waals surface area contributed by atoms with E-state index in [4.69, 9.17) is 4.99 Å². The summed E-state index contributed by atoms with van der Waals surface area (Å²) in [6, 6.07) is 4.32. The van der Waals surface area contributed by atoms with Crippen LogP contribution in [0.3, 0.4) is 0 Å². The van der Waals surface area contributed by atoms with E-state index in [-0.39, 0.29) is 0 Å². The molecule has 0 unspecified atom stereocenters. The van der Waals surface area contributed by atoms with Crippen LogP contribution >= 0.6 is 0 Å². The third kappa shape index (κ3) is 4.21. The van der Waals surface area contributed by atoms with Crippen molar-refractivity contribution in [2.45, 2.75) is 39.2 Å². The molecular formula is C21H34N6. The monoisotopic (exact) mass is 370 g/mol. The van der Waals surface area contributed by atoms with Crippen molar-refractivity contribution < 1.29 is 0 Å². The van der Waals surface area contributed by atoms with Gasteiger partial charge in [0.1, 0.15) is 5.82 Å². The summed E-state index contributed by atoms with van der Waals surface area (Å²) in [6.45, 7) is 10.4. The minimum atomic E-state index is 0.599. The number of hydrogen-bond acceptors (Lipinski definition) is 4. The molecule has 0 aromatic carbocycles. The van der Waals surface area contributed by atoms with Crippen LogP contribution in [-0.4, -0.2) is 73.6 Å². The third-order valence-corrected chi connectivity index (χ3v) is 6.54. The lowest BCUT2D eigenvalue weighted by molar-refractivity contribution is 0.151. The molecule has 3 heterocycles. The van der Waals surface area contributed by atoms with Gasteiger partial charge in [-0.15, -0.1) is 0 Å². The van der Waals surface area contributed by atoms with E-state index < -0.39 is 0 Å². The van der Waals surface area contributed by atoms with E-state index in [2.05, 4.69) is 51.1 Å². The van der Waals surface area contributed by atoms with Gasteiger partial charge in [0, 0.05) is 52.0 Å². The molecule has 4 rings (SSSR count). The van der Waals surface area contributed by atoms with Crippen LogP contribution in [0.5, 0.6) is 0 Å². The summed E-state index contributed by atoms with van der Waals surface area (Å²) in [7, 11) is 2.18. The maximum atomic E-state index is 4.96. The number of piperazine rings is 1. The number of likely N-dealkylation sites (tertiary alicyclic amines) is 1. The number of nitrogens with zero attached hydrogens (tertiary/aromatic N) is 5. The second kappa shape index (κ2) is 8.05. The molecule has 27 heavy (non-hydrogen) atoms. The van der Waals surface area contributed by atoms with Crippen molar-refractivity contribution in [1.29, 1.82) is 0 Å². The van der Waals surface area contributed by atoms with Gasteiger partial charge in [-0.2, -0.15) is 0 Å². The SMILES string of the molecule is CCNC(=NCc1ccnc(N2CCN(C)CC2)c1)N1CCC2(CCC2)C1. The average Bonchev–Trinajstić information content (AvgIpc) is 3.12. The maximum absolute atomic E-state index is 4.96. The highest BCUT2D eigenvalue weighted by Crippen LogP contribution is 2.47. The van der Waals surface area contributed by atoms with Crippen molar-refractivity contribution in [2.75, 3.05) is 57.8 Å². The fraction of sp³-hybridized carbons (Fsp3) is 0.714. The topological polar surface area (TPSA) is 47.0 Å². The molecule has 0 radical (unpaired) electrons. The number of pyridine rings is 1. The van der Waals surface area contributed by atoms with Crippen LogP contribution in [0.2, 0.25) is 0 Å². The van der Waals surface area contributed by atoms with Crippen molar-refractivity contribution >= 4 is 11.8 Å². The van der Waals surface area contributed by atoms with Crippen molar-refractivity contribution in [1.82, 2.24) is 20.1 Å². The second-order valence-electron chi connectivity index (χ2n) is 8.51. The minimum Gasteiger partial charge on any atom is -0.357 e. The maximum Gasteiger partial charge on any atom is 0.194 e. The molecular weight excluding hydrogens is 336 g/mol. The number of guanidine groups is 1. The van der Waals surface area contributed by atoms with Crippen LogP contribution in [0.1, 0.15) is 38.2 Å². The molecule has 2 aliphatic heterocycles. The molecule has 0 bridgehead atoms. The summed E-state index contributed by atoms with van der Waals surface area (Å²) in [5, 5.41) is 3.51. The van der Waals surface area contributed by atoms with Gasteiger partial charge in [-0.1, -0.05) is 6.42 Å². The summed E-state index contributed by atoms with van der Waals surface area (Å²) in [5.41, 5.74) is 1.84. The smallest absolute Gasteiger partial charge is 0.194 e.